The number of nitrogens with zero attached hydrogens (tertiary/aromatic N) is 1. The number of benzene rings is 1. The molecule has 2 aromatic rings. The summed E-state index contributed by atoms with van der Waals surface area (Å²) in [6, 6.07) is 3.79. The predicted molar refractivity (Wildman–Crippen MR) is 154 cm³/mol. The summed E-state index contributed by atoms with van der Waals surface area (Å²) in [5, 5.41) is 15.6. The number of methoxy groups -OCH3 is 2. The Morgan fingerprint density at radius 2 is 1.95 bits per heavy atom. The number of ether oxygens (including phenoxy) is 3. The number of carboxylic acids is 1. The molecule has 0 radical (unpaired) electrons. The van der Waals surface area contributed by atoms with Crippen LogP contribution < -0.4 is 20.9 Å². The second-order valence-corrected chi connectivity index (χ2v) is 12.1. The summed E-state index contributed by atoms with van der Waals surface area (Å²) in [6.07, 6.45) is 5.74. The second-order valence-electron chi connectivity index (χ2n) is 12.1. The van der Waals surface area contributed by atoms with Gasteiger partial charge >= 0.3 is 18.0 Å². The number of rotatable bonds is 14. The number of amides is 1. The molecule has 230 valence electrons. The van der Waals surface area contributed by atoms with Gasteiger partial charge in [0, 0.05) is 12.1 Å². The van der Waals surface area contributed by atoms with Gasteiger partial charge in [0.05, 0.1) is 25.3 Å². The normalized spacial score (nSPS) is 22.4. The highest BCUT2D eigenvalue weighted by molar-refractivity contribution is 5.81. The van der Waals surface area contributed by atoms with Gasteiger partial charge in [-0.1, -0.05) is 26.7 Å². The minimum absolute atomic E-state index is 0.0592. The first kappa shape index (κ1) is 31.3. The van der Waals surface area contributed by atoms with E-state index in [4.69, 9.17) is 14.2 Å². The molecule has 0 spiro atoms. The fourth-order valence-electron chi connectivity index (χ4n) is 5.89. The molecule has 42 heavy (non-hydrogen) atoms. The quantitative estimate of drug-likeness (QED) is 0.190. The first-order valence-corrected chi connectivity index (χ1v) is 14.6. The standard InChI is InChI=1S/C30H42N4O8/c1-30(2,16-18-10-12-22(31-18)28(38)41-4)25(27(36)37)34-29(39)42-24-14-17(24)8-6-5-7-9-21-26(35)33-23-15-19(40-3)11-13-20(23)32-21/h11,13,15,17-18,22,24-25,31H,5-10,12,14,16H2,1-4H3,(H,33,35)(H,34,39)(H,36,37)/t17-,18?,22+,24-,25-/m1/s1. The third-order valence-electron chi connectivity index (χ3n) is 8.36. The first-order chi connectivity index (χ1) is 20.0. The van der Waals surface area contributed by atoms with Crippen LogP contribution in [-0.2, 0) is 25.5 Å². The highest BCUT2D eigenvalue weighted by Crippen LogP contribution is 2.38. The zero-order chi connectivity index (χ0) is 30.4. The number of carboxylic acid groups (broad SMARTS) is 1. The molecule has 1 aromatic carbocycles. The van der Waals surface area contributed by atoms with E-state index in [1.807, 2.05) is 12.1 Å². The zero-order valence-electron chi connectivity index (χ0n) is 24.7. The topological polar surface area (TPSA) is 169 Å². The maximum atomic E-state index is 12.6. The smallest absolute Gasteiger partial charge is 0.408 e. The maximum Gasteiger partial charge on any atom is 0.408 e. The van der Waals surface area contributed by atoms with Crippen molar-refractivity contribution in [3.05, 3.63) is 34.2 Å². The van der Waals surface area contributed by atoms with Crippen molar-refractivity contribution in [3.63, 3.8) is 0 Å². The Bertz CT molecular complexity index is 1340. The van der Waals surface area contributed by atoms with E-state index < -0.39 is 29.6 Å². The number of hydrogen-bond donors (Lipinski definition) is 4. The van der Waals surface area contributed by atoms with Crippen LogP contribution in [0.25, 0.3) is 11.0 Å². The van der Waals surface area contributed by atoms with Gasteiger partial charge in [0.1, 0.15) is 29.6 Å². The fourth-order valence-corrected chi connectivity index (χ4v) is 5.89. The number of hydrogen-bond acceptors (Lipinski definition) is 9. The predicted octanol–water partition coefficient (Wildman–Crippen LogP) is 3.31. The van der Waals surface area contributed by atoms with Crippen molar-refractivity contribution in [1.82, 2.24) is 20.6 Å². The van der Waals surface area contributed by atoms with Crippen molar-refractivity contribution in [2.75, 3.05) is 14.2 Å². The highest BCUT2D eigenvalue weighted by atomic mass is 16.6. The Morgan fingerprint density at radius 3 is 2.67 bits per heavy atom. The minimum atomic E-state index is -1.14. The molecule has 2 fully saturated rings. The monoisotopic (exact) mass is 586 g/mol. The molecule has 1 unspecified atom stereocenters. The van der Waals surface area contributed by atoms with Crippen LogP contribution in [-0.4, -0.2) is 71.6 Å². The van der Waals surface area contributed by atoms with E-state index in [0.717, 1.165) is 37.6 Å². The Kier molecular flexibility index (Phi) is 10.1. The molecule has 1 saturated carbocycles. The largest absolute Gasteiger partial charge is 0.497 e. The third-order valence-corrected chi connectivity index (χ3v) is 8.36. The van der Waals surface area contributed by atoms with E-state index in [1.54, 1.807) is 27.0 Å². The van der Waals surface area contributed by atoms with Crippen LogP contribution in [0.3, 0.4) is 0 Å². The van der Waals surface area contributed by atoms with Crippen LogP contribution in [0.15, 0.2) is 23.0 Å². The lowest BCUT2D eigenvalue weighted by molar-refractivity contribution is -0.144. The summed E-state index contributed by atoms with van der Waals surface area (Å²) >= 11 is 0. The summed E-state index contributed by atoms with van der Waals surface area (Å²) in [6.45, 7) is 3.58. The minimum Gasteiger partial charge on any atom is -0.497 e. The van der Waals surface area contributed by atoms with E-state index in [0.29, 0.717) is 42.6 Å². The fraction of sp³-hybridized carbons (Fsp3) is 0.633. The van der Waals surface area contributed by atoms with Crippen LogP contribution in [0.5, 0.6) is 5.75 Å². The van der Waals surface area contributed by atoms with Gasteiger partial charge < -0.3 is 34.9 Å². The van der Waals surface area contributed by atoms with E-state index in [1.165, 1.54) is 7.11 Å². The van der Waals surface area contributed by atoms with Gasteiger partial charge in [0.2, 0.25) is 0 Å². The molecule has 12 heteroatoms. The van der Waals surface area contributed by atoms with Crippen LogP contribution >= 0.6 is 0 Å². The summed E-state index contributed by atoms with van der Waals surface area (Å²) < 4.78 is 15.5. The van der Waals surface area contributed by atoms with Crippen LogP contribution in [0.2, 0.25) is 0 Å². The molecule has 1 aliphatic heterocycles. The number of carbonyl (C=O) groups is 3. The first-order valence-electron chi connectivity index (χ1n) is 14.6. The summed E-state index contributed by atoms with van der Waals surface area (Å²) in [5.41, 5.74) is 0.901. The van der Waals surface area contributed by atoms with Crippen molar-refractivity contribution in [2.24, 2.45) is 11.3 Å². The molecule has 1 aliphatic carbocycles. The SMILES string of the molecule is COC(=O)[C@@H]1CCC(CC(C)(C)[C@H](NC(=O)O[C@@H]2C[C@H]2CCCCCc2nc3ccc(OC)cc3[nH]c2=O)C(=O)O)N1. The Morgan fingerprint density at radius 1 is 1.17 bits per heavy atom. The number of H-pyrrole nitrogens is 1. The second kappa shape index (κ2) is 13.5. The van der Waals surface area contributed by atoms with Gasteiger partial charge in [-0.2, -0.15) is 0 Å². The lowest BCUT2D eigenvalue weighted by Gasteiger charge is -2.34. The Hall–Kier alpha value is -3.67. The third kappa shape index (κ3) is 7.99. The lowest BCUT2D eigenvalue weighted by Crippen LogP contribution is -2.52. The number of aromatic nitrogens is 2. The number of fused-ring (bicyclic) bond motifs is 1. The van der Waals surface area contributed by atoms with Crippen molar-refractivity contribution < 1.29 is 33.7 Å². The number of unbranched alkanes of at least 4 members (excludes halogenated alkanes) is 2. The average molecular weight is 587 g/mol. The zero-order valence-corrected chi connectivity index (χ0v) is 24.7. The van der Waals surface area contributed by atoms with Crippen molar-refractivity contribution in [2.45, 2.75) is 95.9 Å². The number of esters is 1. The Balaban J connectivity index is 1.16. The molecule has 12 nitrogen and oxygen atoms in total. The van der Waals surface area contributed by atoms with Crippen LogP contribution in [0, 0.1) is 11.3 Å². The van der Waals surface area contributed by atoms with Gasteiger partial charge in [0.25, 0.3) is 5.56 Å². The summed E-state index contributed by atoms with van der Waals surface area (Å²) in [7, 11) is 2.91. The average Bonchev–Trinajstić information content (AvgIpc) is 3.51. The van der Waals surface area contributed by atoms with Crippen molar-refractivity contribution in [3.8, 4) is 5.75 Å². The number of nitrogens with one attached hydrogen (secondary N) is 3. The van der Waals surface area contributed by atoms with Gasteiger partial charge in [-0.25, -0.2) is 14.6 Å². The summed E-state index contributed by atoms with van der Waals surface area (Å²) in [5.74, 6) is -0.552. The lowest BCUT2D eigenvalue weighted by atomic mass is 9.78. The molecule has 1 saturated heterocycles. The molecule has 5 atom stereocenters. The van der Waals surface area contributed by atoms with E-state index in [9.17, 15) is 24.3 Å². The van der Waals surface area contributed by atoms with Crippen LogP contribution in [0.1, 0.15) is 70.9 Å². The van der Waals surface area contributed by atoms with Gasteiger partial charge in [-0.15, -0.1) is 0 Å². The van der Waals surface area contributed by atoms with Crippen molar-refractivity contribution in [1.29, 1.82) is 0 Å². The van der Waals surface area contributed by atoms with Gasteiger partial charge in [-0.3, -0.25) is 9.59 Å². The van der Waals surface area contributed by atoms with E-state index in [-0.39, 0.29) is 29.6 Å². The maximum absolute atomic E-state index is 12.6. The van der Waals surface area contributed by atoms with Crippen molar-refractivity contribution >= 4 is 29.1 Å². The summed E-state index contributed by atoms with van der Waals surface area (Å²) in [4.78, 5) is 56.2. The number of aromatic amines is 1. The molecule has 4 N–H and O–H groups in total. The molecular weight excluding hydrogens is 544 g/mol. The van der Waals surface area contributed by atoms with Crippen LogP contribution in [0.4, 0.5) is 4.79 Å². The number of aliphatic carboxylic acids is 1. The number of alkyl carbamates (subject to hydrolysis) is 1. The molecule has 4 rings (SSSR count). The molecule has 2 aliphatic rings. The highest BCUT2D eigenvalue weighted by Gasteiger charge is 2.44. The van der Waals surface area contributed by atoms with E-state index >= 15 is 0 Å². The number of aryl methyl sites for hydroxylation is 1. The molecule has 2 heterocycles. The molecule has 1 aromatic heterocycles. The van der Waals surface area contributed by atoms with Gasteiger partial charge in [-0.05, 0) is 68.4 Å². The Labute approximate surface area is 244 Å². The molecule has 1 amide bonds. The molecular formula is C30H42N4O8. The van der Waals surface area contributed by atoms with Gasteiger partial charge in [0.15, 0.2) is 0 Å². The molecule has 0 bridgehead atoms. The number of carbonyl (C=O) groups excluding carboxylic acids is 2. The van der Waals surface area contributed by atoms with E-state index in [2.05, 4.69) is 20.6 Å².